The SMILES string of the molecule is CC.CCCC(C)B(C#N)C(C)C.COc1c(B2OC(C)(C)C(C)(C)O2)cc2oc(C)nc2c1C. The topological polar surface area (TPSA) is 77.5 Å². The first-order valence-electron chi connectivity index (χ1n) is 13.0. The number of ether oxygens (including phenoxy) is 1. The molecule has 0 spiro atoms. The monoisotopic (exact) mass is 484 g/mol. The molecule has 1 aromatic heterocycles. The zero-order valence-corrected chi connectivity index (χ0v) is 24.3. The van der Waals surface area contributed by atoms with Gasteiger partial charge in [0.25, 0.3) is 6.71 Å². The van der Waals surface area contributed by atoms with Crippen molar-refractivity contribution in [2.75, 3.05) is 7.11 Å². The Bertz CT molecular complexity index is 979. The minimum Gasteiger partial charge on any atom is -0.497 e. The number of benzene rings is 1. The van der Waals surface area contributed by atoms with Crippen LogP contribution in [0.2, 0.25) is 11.6 Å². The van der Waals surface area contributed by atoms with Crippen molar-refractivity contribution in [2.45, 2.75) is 119 Å². The van der Waals surface area contributed by atoms with Crippen LogP contribution >= 0.6 is 0 Å². The van der Waals surface area contributed by atoms with E-state index in [1.165, 1.54) is 12.8 Å². The Labute approximate surface area is 214 Å². The van der Waals surface area contributed by atoms with Crippen molar-refractivity contribution < 1.29 is 18.5 Å². The van der Waals surface area contributed by atoms with E-state index in [0.717, 1.165) is 27.9 Å². The van der Waals surface area contributed by atoms with Crippen LogP contribution in [-0.4, -0.2) is 37.1 Å². The standard InChI is InChI=1S/C16H22BNO4.C9H18BN.C2H6/c1-9-13-12(20-10(2)18-13)8-11(14(9)19-7)17-21-15(3,4)16(5,6)22-17;1-5-6-9(4)10(7-11)8(2)3;1-2/h8H,1-7H3;8-9H,5-6H2,1-4H3;1-2H3. The lowest BCUT2D eigenvalue weighted by Crippen LogP contribution is -2.41. The predicted molar refractivity (Wildman–Crippen MR) is 148 cm³/mol. The molecule has 1 aromatic carbocycles. The van der Waals surface area contributed by atoms with Crippen LogP contribution in [0.4, 0.5) is 0 Å². The van der Waals surface area contributed by atoms with E-state index in [-0.39, 0.29) is 6.71 Å². The smallest absolute Gasteiger partial charge is 0.497 e. The van der Waals surface area contributed by atoms with Crippen LogP contribution in [0.1, 0.15) is 93.5 Å². The number of fused-ring (bicyclic) bond motifs is 1. The molecule has 8 heteroatoms. The fraction of sp³-hybridized carbons (Fsp3) is 0.704. The molecule has 1 unspecified atom stereocenters. The molecular formula is C27H46B2N2O4. The molecular weight excluding hydrogens is 438 g/mol. The molecule has 0 bridgehead atoms. The zero-order chi connectivity index (χ0) is 27.1. The van der Waals surface area contributed by atoms with Crippen molar-refractivity contribution >= 4 is 30.4 Å². The van der Waals surface area contributed by atoms with E-state index in [1.807, 2.05) is 61.5 Å². The largest absolute Gasteiger partial charge is 0.498 e. The maximum atomic E-state index is 8.84. The lowest BCUT2D eigenvalue weighted by atomic mass is 9.35. The summed E-state index contributed by atoms with van der Waals surface area (Å²) in [6, 6.07) is 1.91. The van der Waals surface area contributed by atoms with Crippen LogP contribution < -0.4 is 10.2 Å². The van der Waals surface area contributed by atoms with Gasteiger partial charge in [0.1, 0.15) is 11.3 Å². The van der Waals surface area contributed by atoms with Crippen molar-refractivity contribution in [3.05, 3.63) is 17.5 Å². The van der Waals surface area contributed by atoms with Gasteiger partial charge < -0.3 is 18.5 Å². The Balaban J connectivity index is 0.000000401. The number of nitriles is 1. The van der Waals surface area contributed by atoms with E-state index in [0.29, 0.717) is 17.5 Å². The van der Waals surface area contributed by atoms with Gasteiger partial charge in [0.05, 0.1) is 18.3 Å². The lowest BCUT2D eigenvalue weighted by molar-refractivity contribution is 0.00578. The molecule has 1 fully saturated rings. The van der Waals surface area contributed by atoms with Gasteiger partial charge in [-0.3, -0.25) is 0 Å². The van der Waals surface area contributed by atoms with Gasteiger partial charge in [-0.1, -0.05) is 66.0 Å². The molecule has 6 nitrogen and oxygen atoms in total. The summed E-state index contributed by atoms with van der Waals surface area (Å²) in [5, 5.41) is 8.84. The first-order chi connectivity index (χ1) is 16.3. The average Bonchev–Trinajstić information content (AvgIpc) is 3.25. The van der Waals surface area contributed by atoms with Crippen LogP contribution in [0.5, 0.6) is 5.75 Å². The first kappa shape index (κ1) is 31.1. The van der Waals surface area contributed by atoms with Crippen LogP contribution in [-0.2, 0) is 9.31 Å². The third-order valence-electron chi connectivity index (χ3n) is 6.94. The van der Waals surface area contributed by atoms with E-state index < -0.39 is 18.3 Å². The molecule has 1 saturated heterocycles. The second kappa shape index (κ2) is 12.8. The van der Waals surface area contributed by atoms with E-state index in [1.54, 1.807) is 7.11 Å². The fourth-order valence-corrected chi connectivity index (χ4v) is 4.32. The summed E-state index contributed by atoms with van der Waals surface area (Å²) < 4.78 is 23.6. The van der Waals surface area contributed by atoms with Crippen LogP contribution in [0.25, 0.3) is 11.1 Å². The summed E-state index contributed by atoms with van der Waals surface area (Å²) in [6.07, 6.45) is 2.36. The fourth-order valence-electron chi connectivity index (χ4n) is 4.32. The van der Waals surface area contributed by atoms with E-state index in [2.05, 4.69) is 38.6 Å². The Morgan fingerprint density at radius 1 is 1.11 bits per heavy atom. The van der Waals surface area contributed by atoms with Crippen molar-refractivity contribution in [3.63, 3.8) is 0 Å². The van der Waals surface area contributed by atoms with E-state index in [9.17, 15) is 0 Å². The zero-order valence-electron chi connectivity index (χ0n) is 24.3. The van der Waals surface area contributed by atoms with Crippen LogP contribution in [0.3, 0.4) is 0 Å². The highest BCUT2D eigenvalue weighted by Crippen LogP contribution is 2.38. The molecule has 1 aliphatic rings. The molecule has 1 atom stereocenters. The molecule has 0 N–H and O–H groups in total. The highest BCUT2D eigenvalue weighted by molar-refractivity contribution is 6.69. The number of hydrogen-bond acceptors (Lipinski definition) is 6. The average molecular weight is 484 g/mol. The number of hydrogen-bond donors (Lipinski definition) is 0. The van der Waals surface area contributed by atoms with Gasteiger partial charge in [0, 0.05) is 23.9 Å². The highest BCUT2D eigenvalue weighted by atomic mass is 16.7. The Hall–Kier alpha value is -1.97. The van der Waals surface area contributed by atoms with Gasteiger partial charge in [0.2, 0.25) is 0 Å². The maximum Gasteiger partial charge on any atom is 0.498 e. The Morgan fingerprint density at radius 2 is 1.66 bits per heavy atom. The molecule has 0 radical (unpaired) electrons. The van der Waals surface area contributed by atoms with Crippen molar-refractivity contribution in [1.82, 2.24) is 4.98 Å². The molecule has 194 valence electrons. The summed E-state index contributed by atoms with van der Waals surface area (Å²) in [4.78, 5) is 4.42. The van der Waals surface area contributed by atoms with Gasteiger partial charge in [-0.25, -0.2) is 10.2 Å². The third kappa shape index (κ3) is 7.05. The number of aromatic nitrogens is 1. The van der Waals surface area contributed by atoms with E-state index in [4.69, 9.17) is 23.7 Å². The molecule has 35 heavy (non-hydrogen) atoms. The van der Waals surface area contributed by atoms with Crippen LogP contribution in [0, 0.1) is 25.1 Å². The molecule has 0 amide bonds. The quantitative estimate of drug-likeness (QED) is 0.414. The number of oxazole rings is 1. The van der Waals surface area contributed by atoms with Gasteiger partial charge in [0.15, 0.2) is 11.5 Å². The summed E-state index contributed by atoms with van der Waals surface area (Å²) in [7, 11) is 1.16. The lowest BCUT2D eigenvalue weighted by Gasteiger charge is -2.32. The molecule has 3 rings (SSSR count). The Morgan fingerprint density at radius 3 is 2.09 bits per heavy atom. The third-order valence-corrected chi connectivity index (χ3v) is 6.94. The normalized spacial score (nSPS) is 16.7. The minimum atomic E-state index is -0.492. The minimum absolute atomic E-state index is 0.245. The van der Waals surface area contributed by atoms with Crippen molar-refractivity contribution in [3.8, 4) is 11.7 Å². The molecule has 2 heterocycles. The highest BCUT2D eigenvalue weighted by Gasteiger charge is 2.52. The van der Waals surface area contributed by atoms with Gasteiger partial charge in [-0.15, -0.1) is 0 Å². The maximum absolute atomic E-state index is 8.84. The second-order valence-corrected chi connectivity index (χ2v) is 10.5. The molecule has 0 saturated carbocycles. The summed E-state index contributed by atoms with van der Waals surface area (Å²) >= 11 is 0. The van der Waals surface area contributed by atoms with Gasteiger partial charge >= 0.3 is 7.12 Å². The predicted octanol–water partition coefficient (Wildman–Crippen LogP) is 6.92. The molecule has 2 aromatic rings. The number of methoxy groups -OCH3 is 1. The summed E-state index contributed by atoms with van der Waals surface area (Å²) in [5.41, 5.74) is 2.50. The molecule has 1 aliphatic heterocycles. The van der Waals surface area contributed by atoms with Gasteiger partial charge in [-0.05, 0) is 40.7 Å². The molecule has 0 aliphatic carbocycles. The van der Waals surface area contributed by atoms with Gasteiger partial charge in [-0.2, -0.15) is 0 Å². The number of nitrogens with zero attached hydrogens (tertiary/aromatic N) is 2. The van der Waals surface area contributed by atoms with Crippen LogP contribution in [0.15, 0.2) is 10.5 Å². The Kier molecular flexibility index (Phi) is 11.4. The van der Waals surface area contributed by atoms with E-state index >= 15 is 0 Å². The first-order valence-corrected chi connectivity index (χ1v) is 13.0. The summed E-state index contributed by atoms with van der Waals surface area (Å²) in [5.74, 6) is 4.81. The number of rotatable bonds is 6. The van der Waals surface area contributed by atoms with Crippen molar-refractivity contribution in [1.29, 1.82) is 5.26 Å². The number of aryl methyl sites for hydroxylation is 2. The summed E-state index contributed by atoms with van der Waals surface area (Å²) in [6.45, 7) is 24.8. The van der Waals surface area contributed by atoms with Crippen molar-refractivity contribution in [2.24, 2.45) is 0 Å². The second-order valence-electron chi connectivity index (χ2n) is 10.5.